The first-order valence-corrected chi connectivity index (χ1v) is 10.9. The van der Waals surface area contributed by atoms with Crippen molar-refractivity contribution >= 4 is 11.6 Å². The Morgan fingerprint density at radius 1 is 1.10 bits per heavy atom. The van der Waals surface area contributed by atoms with E-state index in [1.54, 1.807) is 0 Å². The zero-order chi connectivity index (χ0) is 22.0. The van der Waals surface area contributed by atoms with Crippen molar-refractivity contribution in [2.75, 3.05) is 18.4 Å². The Morgan fingerprint density at radius 2 is 1.81 bits per heavy atom. The highest BCUT2D eigenvalue weighted by molar-refractivity contribution is 5.94. The molecule has 0 spiro atoms. The number of rotatable bonds is 5. The van der Waals surface area contributed by atoms with Crippen LogP contribution in [0.4, 0.5) is 5.69 Å². The van der Waals surface area contributed by atoms with E-state index in [1.165, 1.54) is 11.1 Å². The summed E-state index contributed by atoms with van der Waals surface area (Å²) in [6.45, 7) is 10.4. The molecule has 1 saturated heterocycles. The minimum absolute atomic E-state index is 0.0441. The van der Waals surface area contributed by atoms with E-state index in [4.69, 9.17) is 4.52 Å². The molecule has 31 heavy (non-hydrogen) atoms. The minimum Gasteiger partial charge on any atom is -0.334 e. The van der Waals surface area contributed by atoms with Gasteiger partial charge in [0, 0.05) is 17.8 Å². The second-order valence-corrected chi connectivity index (χ2v) is 8.72. The quantitative estimate of drug-likeness (QED) is 0.643. The molecule has 1 amide bonds. The largest absolute Gasteiger partial charge is 0.334 e. The summed E-state index contributed by atoms with van der Waals surface area (Å²) in [5, 5.41) is 7.32. The second-order valence-electron chi connectivity index (χ2n) is 8.72. The van der Waals surface area contributed by atoms with Crippen LogP contribution in [0.15, 0.2) is 40.9 Å². The molecule has 3 aromatic rings. The van der Waals surface area contributed by atoms with Gasteiger partial charge in [0.05, 0.1) is 12.5 Å². The van der Waals surface area contributed by atoms with E-state index in [1.807, 2.05) is 45.0 Å². The van der Waals surface area contributed by atoms with Gasteiger partial charge in [-0.25, -0.2) is 0 Å². The van der Waals surface area contributed by atoms with E-state index < -0.39 is 0 Å². The molecule has 162 valence electrons. The average Bonchev–Trinajstić information content (AvgIpc) is 3.19. The van der Waals surface area contributed by atoms with Gasteiger partial charge in [-0.15, -0.1) is 0 Å². The van der Waals surface area contributed by atoms with Gasteiger partial charge in [0.15, 0.2) is 5.82 Å². The molecule has 1 aliphatic heterocycles. The molecular weight excluding hydrogens is 388 g/mol. The van der Waals surface area contributed by atoms with Crippen molar-refractivity contribution in [2.45, 2.75) is 47.1 Å². The highest BCUT2D eigenvalue weighted by atomic mass is 16.5. The molecule has 4 rings (SSSR count). The van der Waals surface area contributed by atoms with Crippen LogP contribution in [0.5, 0.6) is 0 Å². The van der Waals surface area contributed by atoms with Gasteiger partial charge >= 0.3 is 0 Å². The third kappa shape index (κ3) is 5.02. The molecule has 2 heterocycles. The van der Waals surface area contributed by atoms with Gasteiger partial charge < -0.3 is 9.84 Å². The Kier molecular flexibility index (Phi) is 6.18. The van der Waals surface area contributed by atoms with Crippen molar-refractivity contribution in [3.05, 3.63) is 64.5 Å². The summed E-state index contributed by atoms with van der Waals surface area (Å²) in [6, 6.07) is 12.3. The number of anilines is 1. The number of aromatic nitrogens is 2. The predicted octanol–water partition coefficient (Wildman–Crippen LogP) is 4.82. The number of carbonyl (C=O) groups excluding carboxylic acids is 1. The summed E-state index contributed by atoms with van der Waals surface area (Å²) in [6.07, 6.45) is 1.87. The zero-order valence-electron chi connectivity index (χ0n) is 18.7. The molecule has 6 heteroatoms. The summed E-state index contributed by atoms with van der Waals surface area (Å²) in [7, 11) is 0. The van der Waals surface area contributed by atoms with Crippen LogP contribution in [0, 0.1) is 33.6 Å². The van der Waals surface area contributed by atoms with Crippen LogP contribution in [0.25, 0.3) is 11.5 Å². The van der Waals surface area contributed by atoms with Crippen LogP contribution in [0.3, 0.4) is 0 Å². The van der Waals surface area contributed by atoms with E-state index in [-0.39, 0.29) is 11.8 Å². The summed E-state index contributed by atoms with van der Waals surface area (Å²) in [5.74, 6) is 1.24. The molecule has 1 fully saturated rings. The Morgan fingerprint density at radius 3 is 2.52 bits per heavy atom. The van der Waals surface area contributed by atoms with E-state index >= 15 is 0 Å². The molecule has 0 saturated carbocycles. The SMILES string of the molecule is Cc1ccc(-c2nc(CN3CCC[C@@H](C(=O)Nc4c(C)cc(C)cc4C)C3)no2)cc1. The molecule has 6 nitrogen and oxygen atoms in total. The lowest BCUT2D eigenvalue weighted by Crippen LogP contribution is -2.40. The van der Waals surface area contributed by atoms with Gasteiger partial charge in [-0.3, -0.25) is 9.69 Å². The lowest BCUT2D eigenvalue weighted by atomic mass is 9.96. The predicted molar refractivity (Wildman–Crippen MR) is 122 cm³/mol. The van der Waals surface area contributed by atoms with E-state index in [0.29, 0.717) is 24.8 Å². The van der Waals surface area contributed by atoms with E-state index in [2.05, 4.69) is 39.4 Å². The fraction of sp³-hybridized carbons (Fsp3) is 0.400. The maximum absolute atomic E-state index is 13.0. The third-order valence-electron chi connectivity index (χ3n) is 5.93. The smallest absolute Gasteiger partial charge is 0.257 e. The maximum atomic E-state index is 13.0. The van der Waals surface area contributed by atoms with Crippen molar-refractivity contribution in [3.8, 4) is 11.5 Å². The number of benzene rings is 2. The number of piperidine rings is 1. The normalized spacial score (nSPS) is 17.0. The molecule has 1 aromatic heterocycles. The fourth-order valence-corrected chi connectivity index (χ4v) is 4.35. The third-order valence-corrected chi connectivity index (χ3v) is 5.93. The number of hydrogen-bond donors (Lipinski definition) is 1. The monoisotopic (exact) mass is 418 g/mol. The van der Waals surface area contributed by atoms with Crippen LogP contribution in [-0.2, 0) is 11.3 Å². The highest BCUT2D eigenvalue weighted by Crippen LogP contribution is 2.25. The van der Waals surface area contributed by atoms with Crippen LogP contribution in [0.2, 0.25) is 0 Å². The minimum atomic E-state index is -0.0441. The number of nitrogens with zero attached hydrogens (tertiary/aromatic N) is 3. The first-order valence-electron chi connectivity index (χ1n) is 10.9. The molecule has 1 atom stereocenters. The van der Waals surface area contributed by atoms with E-state index in [9.17, 15) is 4.79 Å². The maximum Gasteiger partial charge on any atom is 0.257 e. The Hall–Kier alpha value is -2.99. The van der Waals surface area contributed by atoms with Gasteiger partial charge in [0.1, 0.15) is 0 Å². The number of likely N-dealkylation sites (tertiary alicyclic amines) is 1. The van der Waals surface area contributed by atoms with Gasteiger partial charge in [-0.1, -0.05) is 40.5 Å². The average molecular weight is 419 g/mol. The number of carbonyl (C=O) groups is 1. The molecule has 1 aliphatic rings. The lowest BCUT2D eigenvalue weighted by Gasteiger charge is -2.31. The van der Waals surface area contributed by atoms with Crippen LogP contribution in [0.1, 0.15) is 40.9 Å². The number of aryl methyl sites for hydroxylation is 4. The number of hydrogen-bond acceptors (Lipinski definition) is 5. The standard InChI is InChI=1S/C25H30N4O2/c1-16-7-9-20(10-8-16)25-26-22(28-31-25)15-29-11-5-6-21(14-29)24(30)27-23-18(3)12-17(2)13-19(23)4/h7-10,12-13,21H,5-6,11,14-15H2,1-4H3,(H,27,30)/t21-/m1/s1. The molecule has 0 radical (unpaired) electrons. The second kappa shape index (κ2) is 9.02. The van der Waals surface area contributed by atoms with Crippen molar-refractivity contribution in [1.29, 1.82) is 0 Å². The van der Waals surface area contributed by atoms with Gasteiger partial charge in [0.25, 0.3) is 5.89 Å². The Balaban J connectivity index is 1.39. The van der Waals surface area contributed by atoms with Crippen LogP contribution in [-0.4, -0.2) is 34.0 Å². The van der Waals surface area contributed by atoms with Gasteiger partial charge in [-0.2, -0.15) is 4.98 Å². The van der Waals surface area contributed by atoms with Crippen LogP contribution < -0.4 is 5.32 Å². The van der Waals surface area contributed by atoms with Crippen molar-refractivity contribution in [3.63, 3.8) is 0 Å². The first kappa shape index (κ1) is 21.2. The molecule has 0 bridgehead atoms. The Labute approximate surface area is 183 Å². The van der Waals surface area contributed by atoms with Gasteiger partial charge in [-0.05, 0) is 70.3 Å². The highest BCUT2D eigenvalue weighted by Gasteiger charge is 2.27. The van der Waals surface area contributed by atoms with Crippen LogP contribution >= 0.6 is 0 Å². The van der Waals surface area contributed by atoms with Crippen molar-refractivity contribution in [2.24, 2.45) is 5.92 Å². The lowest BCUT2D eigenvalue weighted by molar-refractivity contribution is -0.121. The van der Waals surface area contributed by atoms with Gasteiger partial charge in [0.2, 0.25) is 5.91 Å². The first-order chi connectivity index (χ1) is 14.9. The molecular formula is C25H30N4O2. The summed E-state index contributed by atoms with van der Waals surface area (Å²) in [5.41, 5.74) is 6.47. The van der Waals surface area contributed by atoms with E-state index in [0.717, 1.165) is 41.8 Å². The summed E-state index contributed by atoms with van der Waals surface area (Å²) in [4.78, 5) is 19.8. The summed E-state index contributed by atoms with van der Waals surface area (Å²) >= 11 is 0. The fourth-order valence-electron chi connectivity index (χ4n) is 4.35. The summed E-state index contributed by atoms with van der Waals surface area (Å²) < 4.78 is 5.45. The molecule has 0 unspecified atom stereocenters. The zero-order valence-corrected chi connectivity index (χ0v) is 18.7. The Bertz CT molecular complexity index is 1050. The number of amides is 1. The number of nitrogens with one attached hydrogen (secondary N) is 1. The topological polar surface area (TPSA) is 71.3 Å². The molecule has 0 aliphatic carbocycles. The molecule has 2 aromatic carbocycles. The van der Waals surface area contributed by atoms with Crippen molar-refractivity contribution < 1.29 is 9.32 Å². The molecule has 1 N–H and O–H groups in total. The van der Waals surface area contributed by atoms with Crippen molar-refractivity contribution in [1.82, 2.24) is 15.0 Å².